The highest BCUT2D eigenvalue weighted by Crippen LogP contribution is 2.27. The van der Waals surface area contributed by atoms with Gasteiger partial charge < -0.3 is 16.8 Å². The Morgan fingerprint density at radius 2 is 2.00 bits per heavy atom. The molecule has 1 aliphatic rings. The van der Waals surface area contributed by atoms with Gasteiger partial charge in [0.15, 0.2) is 5.65 Å². The highest BCUT2D eigenvalue weighted by Gasteiger charge is 2.10. The van der Waals surface area contributed by atoms with Crippen LogP contribution in [0.3, 0.4) is 0 Å². The average molecular weight is 422 g/mol. The number of rotatable bonds is 4. The Morgan fingerprint density at radius 3 is 2.73 bits per heavy atom. The minimum Gasteiger partial charge on any atom is -0.380 e. The smallest absolute Gasteiger partial charge is 0.222 e. The van der Waals surface area contributed by atoms with Crippen LogP contribution in [0.1, 0.15) is 37.0 Å². The van der Waals surface area contributed by atoms with Crippen LogP contribution < -0.4 is 16.8 Å². The van der Waals surface area contributed by atoms with Crippen molar-refractivity contribution in [3.05, 3.63) is 52.9 Å². The van der Waals surface area contributed by atoms with Gasteiger partial charge in [-0.25, -0.2) is 4.98 Å². The normalized spacial score (nSPS) is 14.3. The molecule has 3 aromatic heterocycles. The highest BCUT2D eigenvalue weighted by atomic mass is 32.1. The quantitative estimate of drug-likeness (QED) is 0.384. The van der Waals surface area contributed by atoms with Gasteiger partial charge >= 0.3 is 0 Å². The van der Waals surface area contributed by atoms with Crippen molar-refractivity contribution in [1.82, 2.24) is 20.2 Å². The van der Waals surface area contributed by atoms with E-state index in [4.69, 9.17) is 11.5 Å². The first-order valence-electron chi connectivity index (χ1n) is 10.3. The largest absolute Gasteiger partial charge is 0.380 e. The van der Waals surface area contributed by atoms with Gasteiger partial charge in [-0.05, 0) is 36.4 Å². The molecule has 30 heavy (non-hydrogen) atoms. The van der Waals surface area contributed by atoms with Crippen molar-refractivity contribution in [2.45, 2.75) is 44.7 Å². The second-order valence-electron chi connectivity index (χ2n) is 7.48. The van der Waals surface area contributed by atoms with Crippen molar-refractivity contribution in [1.29, 1.82) is 0 Å². The summed E-state index contributed by atoms with van der Waals surface area (Å²) >= 11 is 1.74. The average Bonchev–Trinajstić information content (AvgIpc) is 3.43. The highest BCUT2D eigenvalue weighted by molar-refractivity contribution is 7.09. The third kappa shape index (κ3) is 5.14. The third-order valence-electron chi connectivity index (χ3n) is 5.18. The number of nitrogens with zero attached hydrogens (tertiary/aromatic N) is 3. The van der Waals surface area contributed by atoms with Crippen LogP contribution in [0.2, 0.25) is 0 Å². The van der Waals surface area contributed by atoms with E-state index in [0.29, 0.717) is 11.7 Å². The Labute approximate surface area is 179 Å². The molecule has 1 saturated carbocycles. The molecular formula is C22H27N7S. The number of anilines is 2. The molecule has 0 radical (unpaired) electrons. The van der Waals surface area contributed by atoms with Crippen LogP contribution in [0.15, 0.2) is 48.0 Å². The first-order chi connectivity index (χ1) is 14.7. The summed E-state index contributed by atoms with van der Waals surface area (Å²) in [5.41, 5.74) is 14.8. The van der Waals surface area contributed by atoms with Crippen molar-refractivity contribution in [2.24, 2.45) is 5.73 Å². The number of aromatic amines is 1. The molecule has 0 spiro atoms. The van der Waals surface area contributed by atoms with Crippen LogP contribution in [-0.4, -0.2) is 26.2 Å². The second-order valence-corrected chi connectivity index (χ2v) is 8.51. The summed E-state index contributed by atoms with van der Waals surface area (Å²) in [4.78, 5) is 9.47. The number of nitrogens with one attached hydrogen (secondary N) is 2. The van der Waals surface area contributed by atoms with Gasteiger partial charge in [-0.3, -0.25) is 5.10 Å². The molecule has 4 aromatic rings. The monoisotopic (exact) mass is 421 g/mol. The molecule has 156 valence electrons. The van der Waals surface area contributed by atoms with Crippen LogP contribution in [0.4, 0.5) is 11.6 Å². The molecule has 3 heterocycles. The second kappa shape index (κ2) is 9.69. The van der Waals surface area contributed by atoms with Crippen molar-refractivity contribution in [3.8, 4) is 11.3 Å². The number of hydrogen-bond donors (Lipinski definition) is 4. The molecule has 1 aromatic carbocycles. The predicted octanol–water partition coefficient (Wildman–Crippen LogP) is 4.55. The maximum Gasteiger partial charge on any atom is 0.222 e. The molecule has 5 rings (SSSR count). The standard InChI is InChI=1S/C16H14N6S.C6H13N/c17-16-19-9-13-14(21-22-15(13)20-16)10-3-1-4-11(7-10)18-8-12-5-2-6-23-12;7-6-4-2-1-3-5-6/h1-7,9,18H,8H2,(H3,17,19,20,21,22);6H,1-5,7H2. The van der Waals surface area contributed by atoms with Gasteiger partial charge in [-0.15, -0.1) is 11.3 Å². The van der Waals surface area contributed by atoms with Crippen LogP contribution in [0, 0.1) is 0 Å². The molecule has 1 fully saturated rings. The van der Waals surface area contributed by atoms with Gasteiger partial charge in [0.1, 0.15) is 0 Å². The molecule has 0 unspecified atom stereocenters. The zero-order valence-electron chi connectivity index (χ0n) is 16.8. The Bertz CT molecular complexity index is 1070. The van der Waals surface area contributed by atoms with E-state index < -0.39 is 0 Å². The van der Waals surface area contributed by atoms with Gasteiger partial charge in [0.25, 0.3) is 0 Å². The number of nitrogens with two attached hydrogens (primary N) is 2. The lowest BCUT2D eigenvalue weighted by Gasteiger charge is -2.15. The van der Waals surface area contributed by atoms with Crippen molar-refractivity contribution in [3.63, 3.8) is 0 Å². The Morgan fingerprint density at radius 1 is 1.13 bits per heavy atom. The van der Waals surface area contributed by atoms with E-state index in [9.17, 15) is 0 Å². The van der Waals surface area contributed by atoms with Crippen LogP contribution in [0.25, 0.3) is 22.3 Å². The minimum atomic E-state index is 0.224. The lowest BCUT2D eigenvalue weighted by Crippen LogP contribution is -2.22. The predicted molar refractivity (Wildman–Crippen MR) is 124 cm³/mol. The zero-order valence-corrected chi connectivity index (χ0v) is 17.7. The van der Waals surface area contributed by atoms with E-state index in [0.717, 1.165) is 28.9 Å². The van der Waals surface area contributed by atoms with Gasteiger partial charge in [-0.2, -0.15) is 10.1 Å². The lowest BCUT2D eigenvalue weighted by molar-refractivity contribution is 0.441. The summed E-state index contributed by atoms with van der Waals surface area (Å²) in [6, 6.07) is 12.9. The van der Waals surface area contributed by atoms with Crippen LogP contribution >= 0.6 is 11.3 Å². The molecule has 0 bridgehead atoms. The van der Waals surface area contributed by atoms with E-state index in [-0.39, 0.29) is 5.95 Å². The van der Waals surface area contributed by atoms with Gasteiger partial charge in [0, 0.05) is 34.9 Å². The maximum atomic E-state index is 5.63. The summed E-state index contributed by atoms with van der Waals surface area (Å²) in [5.74, 6) is 0.224. The number of H-pyrrole nitrogens is 1. The van der Waals surface area contributed by atoms with Crippen molar-refractivity contribution >= 4 is 34.0 Å². The van der Waals surface area contributed by atoms with Gasteiger partial charge in [-0.1, -0.05) is 37.5 Å². The van der Waals surface area contributed by atoms with Crippen LogP contribution in [0.5, 0.6) is 0 Å². The molecule has 7 nitrogen and oxygen atoms in total. The van der Waals surface area contributed by atoms with Crippen molar-refractivity contribution < 1.29 is 0 Å². The molecule has 0 atom stereocenters. The Balaban J connectivity index is 0.000000265. The lowest BCUT2D eigenvalue weighted by atomic mass is 9.97. The summed E-state index contributed by atoms with van der Waals surface area (Å²) < 4.78 is 0. The topological polar surface area (TPSA) is 119 Å². The fourth-order valence-electron chi connectivity index (χ4n) is 3.56. The zero-order chi connectivity index (χ0) is 20.8. The SMILES string of the molecule is NC1CCCCC1.Nc1ncc2c(-c3cccc(NCc4cccs4)c3)[nH]nc2n1. The molecule has 0 aliphatic heterocycles. The van der Waals surface area contributed by atoms with E-state index in [1.165, 1.54) is 37.0 Å². The fraction of sp³-hybridized carbons (Fsp3) is 0.318. The Kier molecular flexibility index (Phi) is 6.56. The number of hydrogen-bond acceptors (Lipinski definition) is 7. The summed E-state index contributed by atoms with van der Waals surface area (Å²) in [6.07, 6.45) is 8.36. The van der Waals surface area contributed by atoms with E-state index in [2.05, 4.69) is 49.1 Å². The Hall–Kier alpha value is -2.97. The number of benzene rings is 1. The fourth-order valence-corrected chi connectivity index (χ4v) is 4.20. The van der Waals surface area contributed by atoms with E-state index in [1.807, 2.05) is 18.2 Å². The van der Waals surface area contributed by atoms with Gasteiger partial charge in [0.2, 0.25) is 5.95 Å². The molecule has 0 saturated heterocycles. The minimum absolute atomic E-state index is 0.224. The summed E-state index contributed by atoms with van der Waals surface area (Å²) in [5, 5.41) is 13.6. The summed E-state index contributed by atoms with van der Waals surface area (Å²) in [7, 11) is 0. The first-order valence-corrected chi connectivity index (χ1v) is 11.2. The molecule has 0 amide bonds. The first kappa shape index (κ1) is 20.3. The number of fused-ring (bicyclic) bond motifs is 1. The number of thiophene rings is 1. The van der Waals surface area contributed by atoms with E-state index in [1.54, 1.807) is 17.5 Å². The molecule has 8 heteroatoms. The van der Waals surface area contributed by atoms with Gasteiger partial charge in [0.05, 0.1) is 11.1 Å². The number of aromatic nitrogens is 4. The number of nitrogen functional groups attached to an aromatic ring is 1. The summed E-state index contributed by atoms with van der Waals surface area (Å²) in [6.45, 7) is 0.810. The van der Waals surface area contributed by atoms with Crippen molar-refractivity contribution in [2.75, 3.05) is 11.1 Å². The van der Waals surface area contributed by atoms with Crippen LogP contribution in [-0.2, 0) is 6.54 Å². The molecule has 6 N–H and O–H groups in total. The molecular weight excluding hydrogens is 394 g/mol. The maximum absolute atomic E-state index is 5.63. The third-order valence-corrected chi connectivity index (χ3v) is 6.05. The molecule has 1 aliphatic carbocycles. The van der Waals surface area contributed by atoms with E-state index >= 15 is 0 Å².